The van der Waals surface area contributed by atoms with Crippen LogP contribution in [0.3, 0.4) is 0 Å². The number of hydrogen-bond donors (Lipinski definition) is 1. The fourth-order valence-corrected chi connectivity index (χ4v) is 2.25. The van der Waals surface area contributed by atoms with E-state index >= 15 is 0 Å². The van der Waals surface area contributed by atoms with E-state index in [9.17, 15) is 0 Å². The Balaban J connectivity index is 2.45. The van der Waals surface area contributed by atoms with Crippen molar-refractivity contribution in [1.82, 2.24) is 5.32 Å². The first kappa shape index (κ1) is 10.1. The van der Waals surface area contributed by atoms with Crippen molar-refractivity contribution in [1.29, 1.82) is 0 Å². The number of hydrogen-bond acceptors (Lipinski definition) is 2. The summed E-state index contributed by atoms with van der Waals surface area (Å²) in [6, 6.07) is 6.72. The number of halogens is 1. The summed E-state index contributed by atoms with van der Waals surface area (Å²) in [5.41, 5.74) is 2.64. The average molecular weight is 256 g/mol. The van der Waals surface area contributed by atoms with Crippen molar-refractivity contribution in [2.45, 2.75) is 19.1 Å². The Bertz CT molecular complexity index is 340. The lowest BCUT2D eigenvalue weighted by Gasteiger charge is -2.30. The van der Waals surface area contributed by atoms with Crippen molar-refractivity contribution in [3.8, 4) is 0 Å². The Hall–Kier alpha value is -0.380. The molecule has 0 fully saturated rings. The lowest BCUT2D eigenvalue weighted by molar-refractivity contribution is 0.0346. The number of likely N-dealkylation sites (N-methyl/N-ethyl adjacent to an activating group) is 1. The number of rotatable bonds is 1. The summed E-state index contributed by atoms with van der Waals surface area (Å²) in [7, 11) is 1.97. The minimum absolute atomic E-state index is 0.201. The summed E-state index contributed by atoms with van der Waals surface area (Å²) in [5, 5.41) is 3.26. The molecule has 2 atom stereocenters. The lowest BCUT2D eigenvalue weighted by atomic mass is 9.95. The first-order valence-corrected chi connectivity index (χ1v) is 5.60. The molecule has 2 rings (SSSR count). The molecule has 1 heterocycles. The Labute approximate surface area is 92.8 Å². The van der Waals surface area contributed by atoms with Gasteiger partial charge >= 0.3 is 0 Å². The number of fused-ring (bicyclic) bond motifs is 1. The second-order valence-electron chi connectivity index (χ2n) is 3.59. The molecule has 0 amide bonds. The van der Waals surface area contributed by atoms with Crippen LogP contribution in [0, 0.1) is 0 Å². The zero-order valence-corrected chi connectivity index (χ0v) is 9.97. The summed E-state index contributed by atoms with van der Waals surface area (Å²) < 4.78 is 6.79. The highest BCUT2D eigenvalue weighted by Gasteiger charge is 2.23. The van der Waals surface area contributed by atoms with Crippen molar-refractivity contribution in [3.63, 3.8) is 0 Å². The number of benzene rings is 1. The van der Waals surface area contributed by atoms with Crippen LogP contribution in [0.5, 0.6) is 0 Å². The molecule has 0 spiro atoms. The van der Waals surface area contributed by atoms with Gasteiger partial charge in [0, 0.05) is 4.47 Å². The highest BCUT2D eigenvalue weighted by molar-refractivity contribution is 9.10. The number of ether oxygens (including phenoxy) is 1. The van der Waals surface area contributed by atoms with Crippen LogP contribution in [-0.4, -0.2) is 13.7 Å². The van der Waals surface area contributed by atoms with Crippen molar-refractivity contribution in [2.75, 3.05) is 13.7 Å². The van der Waals surface area contributed by atoms with Gasteiger partial charge in [-0.15, -0.1) is 0 Å². The third-order valence-electron chi connectivity index (χ3n) is 2.72. The molecule has 2 nitrogen and oxygen atoms in total. The van der Waals surface area contributed by atoms with E-state index in [0.29, 0.717) is 6.04 Å². The number of nitrogens with one attached hydrogen (secondary N) is 1. The van der Waals surface area contributed by atoms with Crippen LogP contribution >= 0.6 is 15.9 Å². The predicted molar refractivity (Wildman–Crippen MR) is 60.3 cm³/mol. The maximum atomic E-state index is 5.68. The molecule has 0 bridgehead atoms. The van der Waals surface area contributed by atoms with Gasteiger partial charge in [-0.3, -0.25) is 0 Å². The van der Waals surface area contributed by atoms with Gasteiger partial charge in [-0.2, -0.15) is 0 Å². The van der Waals surface area contributed by atoms with Crippen molar-refractivity contribution < 1.29 is 4.74 Å². The van der Waals surface area contributed by atoms with E-state index in [-0.39, 0.29) is 6.10 Å². The van der Waals surface area contributed by atoms with Crippen LogP contribution in [0.2, 0.25) is 0 Å². The molecule has 1 aromatic carbocycles. The minimum atomic E-state index is 0.201. The van der Waals surface area contributed by atoms with Gasteiger partial charge in [-0.25, -0.2) is 0 Å². The highest BCUT2D eigenvalue weighted by atomic mass is 79.9. The molecular formula is C11H14BrNO. The average Bonchev–Trinajstić information content (AvgIpc) is 2.19. The Morgan fingerprint density at radius 1 is 1.43 bits per heavy atom. The Morgan fingerprint density at radius 3 is 2.93 bits per heavy atom. The van der Waals surface area contributed by atoms with Crippen LogP contribution in [-0.2, 0) is 4.74 Å². The first-order chi connectivity index (χ1) is 6.72. The topological polar surface area (TPSA) is 21.3 Å². The van der Waals surface area contributed by atoms with Crippen molar-refractivity contribution in [2.24, 2.45) is 0 Å². The fraction of sp³-hybridized carbons (Fsp3) is 0.455. The van der Waals surface area contributed by atoms with E-state index in [1.807, 2.05) is 7.05 Å². The molecule has 1 aliphatic heterocycles. The maximum absolute atomic E-state index is 5.68. The quantitative estimate of drug-likeness (QED) is 0.834. The Kier molecular flexibility index (Phi) is 2.91. The van der Waals surface area contributed by atoms with Crippen LogP contribution in [0.15, 0.2) is 22.7 Å². The second-order valence-corrected chi connectivity index (χ2v) is 4.51. The van der Waals surface area contributed by atoms with Gasteiger partial charge < -0.3 is 10.1 Å². The maximum Gasteiger partial charge on any atom is 0.0801 e. The van der Waals surface area contributed by atoms with Gasteiger partial charge in [0.15, 0.2) is 0 Å². The third kappa shape index (κ3) is 1.72. The van der Waals surface area contributed by atoms with Crippen LogP contribution in [0.25, 0.3) is 0 Å². The van der Waals surface area contributed by atoms with E-state index in [0.717, 1.165) is 11.1 Å². The van der Waals surface area contributed by atoms with E-state index in [4.69, 9.17) is 4.74 Å². The molecule has 1 aliphatic rings. The van der Waals surface area contributed by atoms with E-state index in [2.05, 4.69) is 46.4 Å². The van der Waals surface area contributed by atoms with Gasteiger partial charge in [0.2, 0.25) is 0 Å². The summed E-state index contributed by atoms with van der Waals surface area (Å²) in [6.07, 6.45) is 0.201. The molecule has 0 radical (unpaired) electrons. The predicted octanol–water partition coefficient (Wildman–Crippen LogP) is 2.80. The molecule has 0 aliphatic carbocycles. The van der Waals surface area contributed by atoms with Crippen LogP contribution < -0.4 is 5.32 Å². The summed E-state index contributed by atoms with van der Waals surface area (Å²) in [5.74, 6) is 0. The summed E-state index contributed by atoms with van der Waals surface area (Å²) >= 11 is 3.48. The SMILES string of the molecule is CN[C@@H]1COC(C)c2cc(Br)ccc21. The zero-order chi connectivity index (χ0) is 10.1. The monoisotopic (exact) mass is 255 g/mol. The molecule has 14 heavy (non-hydrogen) atoms. The van der Waals surface area contributed by atoms with E-state index < -0.39 is 0 Å². The van der Waals surface area contributed by atoms with Gasteiger partial charge in [0.25, 0.3) is 0 Å². The highest BCUT2D eigenvalue weighted by Crippen LogP contribution is 2.33. The minimum Gasteiger partial charge on any atom is -0.372 e. The molecule has 0 aromatic heterocycles. The van der Waals surface area contributed by atoms with Crippen molar-refractivity contribution in [3.05, 3.63) is 33.8 Å². The molecule has 1 aromatic rings. The standard InChI is InChI=1S/C11H14BrNO/c1-7-10-5-8(12)3-4-9(10)11(13-2)6-14-7/h3-5,7,11,13H,6H2,1-2H3/t7?,11-/m1/s1. The van der Waals surface area contributed by atoms with Gasteiger partial charge in [0.05, 0.1) is 18.8 Å². The van der Waals surface area contributed by atoms with Crippen molar-refractivity contribution >= 4 is 15.9 Å². The van der Waals surface area contributed by atoms with Gasteiger partial charge in [-0.1, -0.05) is 22.0 Å². The van der Waals surface area contributed by atoms with Gasteiger partial charge in [-0.05, 0) is 37.2 Å². The second kappa shape index (κ2) is 4.01. The van der Waals surface area contributed by atoms with Crippen LogP contribution in [0.4, 0.5) is 0 Å². The van der Waals surface area contributed by atoms with Crippen LogP contribution in [0.1, 0.15) is 30.2 Å². The summed E-state index contributed by atoms with van der Waals surface area (Å²) in [4.78, 5) is 0. The summed E-state index contributed by atoms with van der Waals surface area (Å²) in [6.45, 7) is 2.85. The molecule has 3 heteroatoms. The Morgan fingerprint density at radius 2 is 2.21 bits per heavy atom. The van der Waals surface area contributed by atoms with E-state index in [1.54, 1.807) is 0 Å². The molecular weight excluding hydrogens is 242 g/mol. The third-order valence-corrected chi connectivity index (χ3v) is 3.22. The largest absolute Gasteiger partial charge is 0.372 e. The van der Waals surface area contributed by atoms with Gasteiger partial charge in [0.1, 0.15) is 0 Å². The smallest absolute Gasteiger partial charge is 0.0801 e. The zero-order valence-electron chi connectivity index (χ0n) is 8.38. The van der Waals surface area contributed by atoms with E-state index in [1.165, 1.54) is 11.1 Å². The normalized spacial score (nSPS) is 25.9. The first-order valence-electron chi connectivity index (χ1n) is 4.80. The lowest BCUT2D eigenvalue weighted by Crippen LogP contribution is -2.28. The molecule has 76 valence electrons. The molecule has 1 unspecified atom stereocenters. The molecule has 0 saturated carbocycles. The molecule has 1 N–H and O–H groups in total. The molecule has 0 saturated heterocycles. The fourth-order valence-electron chi connectivity index (χ4n) is 1.87.